The molecular formula is C20H27N3O4. The molecule has 0 bridgehead atoms. The largest absolute Gasteiger partial charge is 0.367 e. The van der Waals surface area contributed by atoms with E-state index in [2.05, 4.69) is 17.4 Å². The molecule has 2 amide bonds. The lowest BCUT2D eigenvalue weighted by atomic mass is 10.2. The predicted octanol–water partition coefficient (Wildman–Crippen LogP) is 3.16. The van der Waals surface area contributed by atoms with Gasteiger partial charge in [0, 0.05) is 12.6 Å². The van der Waals surface area contributed by atoms with Gasteiger partial charge in [-0.05, 0) is 18.9 Å². The highest BCUT2D eigenvalue weighted by molar-refractivity contribution is 5.93. The van der Waals surface area contributed by atoms with E-state index in [9.17, 15) is 9.59 Å². The zero-order valence-electron chi connectivity index (χ0n) is 15.9. The van der Waals surface area contributed by atoms with Gasteiger partial charge in [0.25, 0.3) is 0 Å². The number of nitrogens with one attached hydrogen (secondary N) is 1. The van der Waals surface area contributed by atoms with E-state index in [-0.39, 0.29) is 25.0 Å². The second kappa shape index (κ2) is 11.1. The first-order valence-corrected chi connectivity index (χ1v) is 9.21. The van der Waals surface area contributed by atoms with Crippen LogP contribution in [0.1, 0.15) is 37.5 Å². The van der Waals surface area contributed by atoms with E-state index in [4.69, 9.17) is 9.26 Å². The van der Waals surface area contributed by atoms with Crippen LogP contribution in [-0.4, -0.2) is 41.6 Å². The van der Waals surface area contributed by atoms with Gasteiger partial charge in [0.2, 0.25) is 11.8 Å². The van der Waals surface area contributed by atoms with Crippen LogP contribution in [0.15, 0.2) is 40.9 Å². The maximum atomic E-state index is 12.5. The van der Waals surface area contributed by atoms with Crippen molar-refractivity contribution in [1.82, 2.24) is 10.1 Å². The van der Waals surface area contributed by atoms with Gasteiger partial charge in [-0.15, -0.1) is 0 Å². The van der Waals surface area contributed by atoms with Crippen molar-refractivity contribution in [3.8, 4) is 0 Å². The summed E-state index contributed by atoms with van der Waals surface area (Å²) in [5, 5.41) is 6.37. The number of carbonyl (C=O) groups excluding carboxylic acids is 2. The zero-order valence-corrected chi connectivity index (χ0v) is 15.9. The first-order valence-electron chi connectivity index (χ1n) is 9.21. The number of benzene rings is 1. The molecule has 0 atom stereocenters. The van der Waals surface area contributed by atoms with E-state index >= 15 is 0 Å². The van der Waals surface area contributed by atoms with Gasteiger partial charge in [0.1, 0.15) is 12.4 Å². The van der Waals surface area contributed by atoms with E-state index in [0.29, 0.717) is 24.7 Å². The minimum atomic E-state index is -0.309. The van der Waals surface area contributed by atoms with Crippen LogP contribution in [0.2, 0.25) is 0 Å². The maximum Gasteiger partial charge on any atom is 0.249 e. The molecule has 0 unspecified atom stereocenters. The average molecular weight is 373 g/mol. The lowest BCUT2D eigenvalue weighted by molar-refractivity contribution is -0.139. The third kappa shape index (κ3) is 7.62. The summed E-state index contributed by atoms with van der Waals surface area (Å²) in [5.41, 5.74) is 1.00. The fraction of sp³-hybridized carbons (Fsp3) is 0.450. The molecule has 27 heavy (non-hydrogen) atoms. The summed E-state index contributed by atoms with van der Waals surface area (Å²) in [5.74, 6) is 0.444. The van der Waals surface area contributed by atoms with Crippen LogP contribution in [0.25, 0.3) is 0 Å². The average Bonchev–Trinajstić information content (AvgIpc) is 3.06. The van der Waals surface area contributed by atoms with Crippen LogP contribution in [0, 0.1) is 6.92 Å². The number of hydrogen-bond acceptors (Lipinski definition) is 5. The molecule has 0 saturated heterocycles. The second-order valence-corrected chi connectivity index (χ2v) is 6.37. The van der Waals surface area contributed by atoms with Gasteiger partial charge in [-0.3, -0.25) is 9.59 Å². The van der Waals surface area contributed by atoms with Crippen molar-refractivity contribution >= 4 is 17.6 Å². The summed E-state index contributed by atoms with van der Waals surface area (Å²) in [6.07, 6.45) is 2.88. The molecule has 146 valence electrons. The first-order chi connectivity index (χ1) is 13.1. The Morgan fingerprint density at radius 1 is 1.22 bits per heavy atom. The highest BCUT2D eigenvalue weighted by Gasteiger charge is 2.18. The Morgan fingerprint density at radius 2 is 2.00 bits per heavy atom. The molecule has 0 aliphatic carbocycles. The molecular weight excluding hydrogens is 346 g/mol. The highest BCUT2D eigenvalue weighted by Crippen LogP contribution is 2.08. The summed E-state index contributed by atoms with van der Waals surface area (Å²) in [6.45, 7) is 4.62. The summed E-state index contributed by atoms with van der Waals surface area (Å²) in [4.78, 5) is 26.3. The third-order valence-corrected chi connectivity index (χ3v) is 3.95. The lowest BCUT2D eigenvalue weighted by Gasteiger charge is -2.22. The molecule has 2 aromatic rings. The van der Waals surface area contributed by atoms with E-state index in [1.54, 1.807) is 13.0 Å². The minimum absolute atomic E-state index is 0.0385. The third-order valence-electron chi connectivity index (χ3n) is 3.95. The first kappa shape index (κ1) is 20.6. The second-order valence-electron chi connectivity index (χ2n) is 6.37. The van der Waals surface area contributed by atoms with Gasteiger partial charge >= 0.3 is 0 Å². The molecule has 1 N–H and O–H groups in total. The lowest BCUT2D eigenvalue weighted by Crippen LogP contribution is -2.40. The van der Waals surface area contributed by atoms with Gasteiger partial charge in [0.15, 0.2) is 5.82 Å². The number of aryl methyl sites for hydroxylation is 1. The zero-order chi connectivity index (χ0) is 19.5. The van der Waals surface area contributed by atoms with Crippen molar-refractivity contribution in [1.29, 1.82) is 0 Å². The van der Waals surface area contributed by atoms with Crippen LogP contribution in [-0.2, 0) is 20.9 Å². The van der Waals surface area contributed by atoms with Crippen LogP contribution in [0.3, 0.4) is 0 Å². The molecule has 7 nitrogen and oxygen atoms in total. The summed E-state index contributed by atoms with van der Waals surface area (Å²) >= 11 is 0. The Morgan fingerprint density at radius 3 is 2.67 bits per heavy atom. The van der Waals surface area contributed by atoms with Crippen LogP contribution < -0.4 is 5.32 Å². The molecule has 0 saturated carbocycles. The molecule has 0 spiro atoms. The van der Waals surface area contributed by atoms with Crippen LogP contribution in [0.5, 0.6) is 0 Å². The number of rotatable bonds is 11. The number of ether oxygens (including phenoxy) is 1. The molecule has 0 fully saturated rings. The van der Waals surface area contributed by atoms with Crippen molar-refractivity contribution in [2.24, 2.45) is 0 Å². The number of unbranched alkanes of at least 4 members (excludes halogenated alkanes) is 2. The van der Waals surface area contributed by atoms with Gasteiger partial charge in [-0.25, -0.2) is 0 Å². The van der Waals surface area contributed by atoms with E-state index in [1.165, 1.54) is 4.90 Å². The van der Waals surface area contributed by atoms with E-state index in [0.717, 1.165) is 24.8 Å². The Balaban J connectivity index is 1.85. The minimum Gasteiger partial charge on any atom is -0.367 e. The van der Waals surface area contributed by atoms with Gasteiger partial charge in [-0.1, -0.05) is 55.3 Å². The fourth-order valence-electron chi connectivity index (χ4n) is 2.55. The van der Waals surface area contributed by atoms with E-state index in [1.807, 2.05) is 30.3 Å². The monoisotopic (exact) mass is 373 g/mol. The quantitative estimate of drug-likeness (QED) is 0.612. The maximum absolute atomic E-state index is 12.5. The Hall–Kier alpha value is -2.67. The smallest absolute Gasteiger partial charge is 0.249 e. The number of anilines is 1. The predicted molar refractivity (Wildman–Crippen MR) is 102 cm³/mol. The molecule has 0 radical (unpaired) electrons. The van der Waals surface area contributed by atoms with Gasteiger partial charge < -0.3 is 19.5 Å². The number of carbonyl (C=O) groups is 2. The summed E-state index contributed by atoms with van der Waals surface area (Å²) in [6, 6.07) is 11.3. The fourth-order valence-corrected chi connectivity index (χ4v) is 2.55. The van der Waals surface area contributed by atoms with Crippen LogP contribution >= 0.6 is 0 Å². The van der Waals surface area contributed by atoms with E-state index < -0.39 is 0 Å². The number of nitrogens with zero attached hydrogens (tertiary/aromatic N) is 2. The number of aromatic nitrogens is 1. The summed E-state index contributed by atoms with van der Waals surface area (Å²) in [7, 11) is 0. The SMILES string of the molecule is CCCCCN(CC(=O)Nc1cc(C)on1)C(=O)COCc1ccccc1. The van der Waals surface area contributed by atoms with Crippen molar-refractivity contribution < 1.29 is 18.8 Å². The van der Waals surface area contributed by atoms with Gasteiger partial charge in [0.05, 0.1) is 13.2 Å². The Bertz CT molecular complexity index is 715. The Labute approximate surface area is 159 Å². The van der Waals surface area contributed by atoms with Crippen LogP contribution in [0.4, 0.5) is 5.82 Å². The standard InChI is InChI=1S/C20H27N3O4/c1-3-4-8-11-23(13-19(24)21-18-12-16(2)27-22-18)20(25)15-26-14-17-9-6-5-7-10-17/h5-7,9-10,12H,3-4,8,11,13-15H2,1-2H3,(H,21,22,24). The number of hydrogen-bond donors (Lipinski definition) is 1. The van der Waals surface area contributed by atoms with Crippen molar-refractivity contribution in [3.63, 3.8) is 0 Å². The molecule has 0 aliphatic rings. The van der Waals surface area contributed by atoms with Crippen molar-refractivity contribution in [2.45, 2.75) is 39.7 Å². The van der Waals surface area contributed by atoms with Crippen molar-refractivity contribution in [3.05, 3.63) is 47.7 Å². The number of amides is 2. The molecule has 0 aliphatic heterocycles. The highest BCUT2D eigenvalue weighted by atomic mass is 16.5. The molecule has 1 aromatic heterocycles. The van der Waals surface area contributed by atoms with Crippen molar-refractivity contribution in [2.75, 3.05) is 25.0 Å². The molecule has 7 heteroatoms. The molecule has 2 rings (SSSR count). The van der Waals surface area contributed by atoms with Gasteiger partial charge in [-0.2, -0.15) is 0 Å². The molecule has 1 aromatic carbocycles. The Kier molecular flexibility index (Phi) is 8.51. The normalized spacial score (nSPS) is 10.6. The summed E-state index contributed by atoms with van der Waals surface area (Å²) < 4.78 is 10.4. The topological polar surface area (TPSA) is 84.7 Å². The molecule has 1 heterocycles.